The molecule has 1 saturated heterocycles. The second-order valence-electron chi connectivity index (χ2n) is 4.10. The predicted molar refractivity (Wildman–Crippen MR) is 63.1 cm³/mol. The molecule has 4 nitrogen and oxygen atoms in total. The summed E-state index contributed by atoms with van der Waals surface area (Å²) in [6, 6.07) is 1.73. The quantitative estimate of drug-likeness (QED) is 0.591. The highest BCUT2D eigenvalue weighted by Crippen LogP contribution is 2.35. The van der Waals surface area contributed by atoms with Gasteiger partial charge in [-0.3, -0.25) is 4.79 Å². The van der Waals surface area contributed by atoms with Crippen LogP contribution in [0.2, 0.25) is 0 Å². The molecule has 1 aliphatic rings. The maximum Gasteiger partial charge on any atom is 0.197 e. The molecule has 0 N–H and O–H groups in total. The number of methoxy groups -OCH3 is 2. The number of ketones is 1. The first-order valence-electron chi connectivity index (χ1n) is 5.48. The lowest BCUT2D eigenvalue weighted by atomic mass is 9.99. The molecule has 2 rings (SSSR count). The molecule has 4 heteroatoms. The van der Waals surface area contributed by atoms with Crippen molar-refractivity contribution in [2.45, 2.75) is 20.0 Å². The van der Waals surface area contributed by atoms with Crippen molar-refractivity contribution in [3.8, 4) is 11.5 Å². The zero-order valence-corrected chi connectivity index (χ0v) is 10.5. The smallest absolute Gasteiger partial charge is 0.197 e. The highest BCUT2D eigenvalue weighted by atomic mass is 16.6. The first kappa shape index (κ1) is 11.9. The van der Waals surface area contributed by atoms with Gasteiger partial charge in [0.25, 0.3) is 0 Å². The van der Waals surface area contributed by atoms with Gasteiger partial charge < -0.3 is 14.2 Å². The summed E-state index contributed by atoms with van der Waals surface area (Å²) in [5.74, 6) is 1.28. The standard InChI is InChI=1S/C13H16O4/c1-7-8(2)13(16-4)9(5-10(7)15-3)12(14)11-6-17-11/h5,11H,6H2,1-4H3. The summed E-state index contributed by atoms with van der Waals surface area (Å²) in [5, 5.41) is 0. The van der Waals surface area contributed by atoms with Crippen LogP contribution >= 0.6 is 0 Å². The number of rotatable bonds is 4. The van der Waals surface area contributed by atoms with E-state index in [1.54, 1.807) is 20.3 Å². The molecule has 92 valence electrons. The second kappa shape index (κ2) is 4.37. The lowest BCUT2D eigenvalue weighted by Gasteiger charge is -2.15. The third-order valence-electron chi connectivity index (χ3n) is 3.11. The highest BCUT2D eigenvalue weighted by molar-refractivity contribution is 6.04. The Bertz CT molecular complexity index is 461. The molecule has 17 heavy (non-hydrogen) atoms. The van der Waals surface area contributed by atoms with Gasteiger partial charge in [-0.15, -0.1) is 0 Å². The van der Waals surface area contributed by atoms with E-state index in [1.165, 1.54) is 0 Å². The third kappa shape index (κ3) is 2.00. The largest absolute Gasteiger partial charge is 0.496 e. The van der Waals surface area contributed by atoms with Crippen LogP contribution in [0, 0.1) is 13.8 Å². The number of hydrogen-bond donors (Lipinski definition) is 0. The molecule has 1 aliphatic heterocycles. The number of epoxide rings is 1. The third-order valence-corrected chi connectivity index (χ3v) is 3.11. The van der Waals surface area contributed by atoms with Gasteiger partial charge in [-0.25, -0.2) is 0 Å². The van der Waals surface area contributed by atoms with Gasteiger partial charge in [0.15, 0.2) is 5.78 Å². The van der Waals surface area contributed by atoms with Crippen molar-refractivity contribution in [2.24, 2.45) is 0 Å². The van der Waals surface area contributed by atoms with Crippen LogP contribution in [-0.4, -0.2) is 32.7 Å². The molecular weight excluding hydrogens is 220 g/mol. The number of benzene rings is 1. The summed E-state index contributed by atoms with van der Waals surface area (Å²) in [5.41, 5.74) is 2.45. The van der Waals surface area contributed by atoms with Crippen LogP contribution in [0.25, 0.3) is 0 Å². The molecule has 0 saturated carbocycles. The van der Waals surface area contributed by atoms with Crippen molar-refractivity contribution in [2.75, 3.05) is 20.8 Å². The van der Waals surface area contributed by atoms with Gasteiger partial charge >= 0.3 is 0 Å². The summed E-state index contributed by atoms with van der Waals surface area (Å²) < 4.78 is 15.6. The number of Topliss-reactive ketones (excluding diaryl/α,β-unsaturated/α-hetero) is 1. The van der Waals surface area contributed by atoms with Crippen LogP contribution in [0.1, 0.15) is 21.5 Å². The van der Waals surface area contributed by atoms with E-state index in [0.717, 1.165) is 11.1 Å². The molecular formula is C13H16O4. The molecule has 1 fully saturated rings. The number of carbonyl (C=O) groups is 1. The molecule has 1 atom stereocenters. The summed E-state index contributed by atoms with van der Waals surface area (Å²) in [6.07, 6.45) is -0.310. The first-order chi connectivity index (χ1) is 8.10. The van der Waals surface area contributed by atoms with E-state index in [1.807, 2.05) is 13.8 Å². The second-order valence-corrected chi connectivity index (χ2v) is 4.10. The van der Waals surface area contributed by atoms with Gasteiger partial charge in [0, 0.05) is 0 Å². The van der Waals surface area contributed by atoms with Crippen LogP contribution in [0.15, 0.2) is 6.07 Å². The zero-order valence-electron chi connectivity index (χ0n) is 10.5. The minimum Gasteiger partial charge on any atom is -0.496 e. The van der Waals surface area contributed by atoms with Crippen molar-refractivity contribution >= 4 is 5.78 Å². The van der Waals surface area contributed by atoms with Crippen LogP contribution in [-0.2, 0) is 4.74 Å². The van der Waals surface area contributed by atoms with Crippen molar-refractivity contribution in [1.29, 1.82) is 0 Å². The van der Waals surface area contributed by atoms with Gasteiger partial charge in [0.1, 0.15) is 17.6 Å². The Labute approximate surface area is 100 Å². The van der Waals surface area contributed by atoms with Gasteiger partial charge in [0.05, 0.1) is 26.4 Å². The maximum absolute atomic E-state index is 12.1. The molecule has 1 heterocycles. The monoisotopic (exact) mass is 236 g/mol. The van der Waals surface area contributed by atoms with Crippen LogP contribution in [0.4, 0.5) is 0 Å². The molecule has 0 spiro atoms. The normalized spacial score (nSPS) is 17.8. The predicted octanol–water partition coefficient (Wildman–Crippen LogP) is 1.90. The van der Waals surface area contributed by atoms with E-state index in [4.69, 9.17) is 14.2 Å². The van der Waals surface area contributed by atoms with E-state index in [2.05, 4.69) is 0 Å². The fourth-order valence-corrected chi connectivity index (χ4v) is 1.89. The Morgan fingerprint density at radius 2 is 1.94 bits per heavy atom. The van der Waals surface area contributed by atoms with Crippen molar-refractivity contribution in [1.82, 2.24) is 0 Å². The van der Waals surface area contributed by atoms with Crippen molar-refractivity contribution in [3.63, 3.8) is 0 Å². The summed E-state index contributed by atoms with van der Waals surface area (Å²) in [7, 11) is 3.16. The topological polar surface area (TPSA) is 48.1 Å². The molecule has 0 amide bonds. The summed E-state index contributed by atoms with van der Waals surface area (Å²) in [6.45, 7) is 4.36. The van der Waals surface area contributed by atoms with Crippen molar-refractivity contribution < 1.29 is 19.0 Å². The number of ether oxygens (including phenoxy) is 3. The highest BCUT2D eigenvalue weighted by Gasteiger charge is 2.34. The Hall–Kier alpha value is -1.55. The van der Waals surface area contributed by atoms with Gasteiger partial charge in [-0.1, -0.05) is 0 Å². The number of carbonyl (C=O) groups excluding carboxylic acids is 1. The molecule has 0 aromatic heterocycles. The lowest BCUT2D eigenvalue weighted by molar-refractivity contribution is 0.0950. The first-order valence-corrected chi connectivity index (χ1v) is 5.48. The molecule has 1 aromatic carbocycles. The van der Waals surface area contributed by atoms with E-state index < -0.39 is 0 Å². The minimum atomic E-state index is -0.310. The van der Waals surface area contributed by atoms with E-state index in [-0.39, 0.29) is 11.9 Å². The lowest BCUT2D eigenvalue weighted by Crippen LogP contribution is -2.11. The fourth-order valence-electron chi connectivity index (χ4n) is 1.89. The summed E-state index contributed by atoms with van der Waals surface area (Å²) in [4.78, 5) is 12.1. The van der Waals surface area contributed by atoms with Crippen LogP contribution in [0.3, 0.4) is 0 Å². The average molecular weight is 236 g/mol. The van der Waals surface area contributed by atoms with E-state index in [9.17, 15) is 4.79 Å². The fraction of sp³-hybridized carbons (Fsp3) is 0.462. The van der Waals surface area contributed by atoms with E-state index >= 15 is 0 Å². The molecule has 0 radical (unpaired) electrons. The average Bonchev–Trinajstić information content (AvgIpc) is 3.15. The van der Waals surface area contributed by atoms with Gasteiger partial charge in [-0.05, 0) is 31.0 Å². The Morgan fingerprint density at radius 1 is 1.29 bits per heavy atom. The maximum atomic E-state index is 12.1. The van der Waals surface area contributed by atoms with Crippen LogP contribution in [0.5, 0.6) is 11.5 Å². The zero-order chi connectivity index (χ0) is 12.6. The minimum absolute atomic E-state index is 0.0387. The summed E-state index contributed by atoms with van der Waals surface area (Å²) >= 11 is 0. The molecule has 1 aromatic rings. The number of hydrogen-bond acceptors (Lipinski definition) is 4. The van der Waals surface area contributed by atoms with Gasteiger partial charge in [0.2, 0.25) is 0 Å². The Balaban J connectivity index is 2.55. The molecule has 0 bridgehead atoms. The van der Waals surface area contributed by atoms with Crippen LogP contribution < -0.4 is 9.47 Å². The molecule has 0 aliphatic carbocycles. The van der Waals surface area contributed by atoms with Gasteiger partial charge in [-0.2, -0.15) is 0 Å². The van der Waals surface area contributed by atoms with E-state index in [0.29, 0.717) is 23.7 Å². The molecule has 1 unspecified atom stereocenters. The Kier molecular flexibility index (Phi) is 3.07. The van der Waals surface area contributed by atoms with Crippen molar-refractivity contribution in [3.05, 3.63) is 22.8 Å². The SMILES string of the molecule is COc1cc(C(=O)C2CO2)c(OC)c(C)c1C. The Morgan fingerprint density at radius 3 is 2.41 bits per heavy atom.